The standard InChI is InChI=1S/C21H17N5O5S/c1-30-14-5-2-4-13(10-14)22-17(27)12-25-21(29)26-16-7-9-32-18(16)19(28)24(20(26)23-25)11-15-6-3-8-31-15/h2-10H,11-12H2,1H3,(H,22,27). The smallest absolute Gasteiger partial charge is 0.352 e. The largest absolute Gasteiger partial charge is 0.497 e. The molecule has 0 aliphatic rings. The number of ether oxygens (including phenoxy) is 1. The summed E-state index contributed by atoms with van der Waals surface area (Å²) >= 11 is 1.24. The first kappa shape index (κ1) is 19.8. The molecule has 0 saturated carbocycles. The first-order chi connectivity index (χ1) is 15.5. The molecule has 1 N–H and O–H groups in total. The average molecular weight is 451 g/mol. The molecule has 1 aromatic carbocycles. The molecule has 0 aliphatic heterocycles. The third kappa shape index (κ3) is 3.38. The van der Waals surface area contributed by atoms with Crippen LogP contribution in [0.2, 0.25) is 0 Å². The van der Waals surface area contributed by atoms with Gasteiger partial charge in [0.25, 0.3) is 5.56 Å². The third-order valence-electron chi connectivity index (χ3n) is 4.93. The minimum absolute atomic E-state index is 0.107. The van der Waals surface area contributed by atoms with Gasteiger partial charge in [0.15, 0.2) is 0 Å². The lowest BCUT2D eigenvalue weighted by molar-refractivity contribution is -0.117. The first-order valence-electron chi connectivity index (χ1n) is 9.61. The Morgan fingerprint density at radius 3 is 2.88 bits per heavy atom. The minimum Gasteiger partial charge on any atom is -0.497 e. The van der Waals surface area contributed by atoms with Crippen molar-refractivity contribution in [2.45, 2.75) is 13.1 Å². The number of carbonyl (C=O) groups is 1. The lowest BCUT2D eigenvalue weighted by atomic mass is 10.3. The topological polar surface area (TPSA) is 113 Å². The predicted molar refractivity (Wildman–Crippen MR) is 119 cm³/mol. The Bertz CT molecular complexity index is 1560. The van der Waals surface area contributed by atoms with E-state index in [1.165, 1.54) is 33.7 Å². The summed E-state index contributed by atoms with van der Waals surface area (Å²) in [4.78, 5) is 38.8. The number of nitrogens with zero attached hydrogens (tertiary/aromatic N) is 4. The van der Waals surface area contributed by atoms with Gasteiger partial charge in [-0.1, -0.05) is 6.07 Å². The summed E-state index contributed by atoms with van der Waals surface area (Å²) in [5, 5.41) is 8.77. The number of rotatable bonds is 6. The molecule has 0 bridgehead atoms. The van der Waals surface area contributed by atoms with Gasteiger partial charge in [-0.25, -0.2) is 13.9 Å². The summed E-state index contributed by atoms with van der Waals surface area (Å²) in [5.41, 5.74) is 0.186. The van der Waals surface area contributed by atoms with E-state index in [1.807, 2.05) is 0 Å². The van der Waals surface area contributed by atoms with Crippen molar-refractivity contribution in [3.8, 4) is 5.75 Å². The number of nitrogens with one attached hydrogen (secondary N) is 1. The molecule has 0 radical (unpaired) electrons. The van der Waals surface area contributed by atoms with E-state index in [2.05, 4.69) is 10.4 Å². The summed E-state index contributed by atoms with van der Waals surface area (Å²) in [5.74, 6) is 0.832. The van der Waals surface area contributed by atoms with Crippen molar-refractivity contribution in [3.05, 3.63) is 80.7 Å². The molecule has 4 heterocycles. The Kier molecular flexibility index (Phi) is 4.86. The average Bonchev–Trinajstić information content (AvgIpc) is 3.53. The van der Waals surface area contributed by atoms with E-state index in [0.29, 0.717) is 27.4 Å². The van der Waals surface area contributed by atoms with E-state index in [-0.39, 0.29) is 24.4 Å². The van der Waals surface area contributed by atoms with Crippen LogP contribution in [0.4, 0.5) is 5.69 Å². The number of aromatic nitrogens is 4. The lowest BCUT2D eigenvalue weighted by Crippen LogP contribution is -2.29. The van der Waals surface area contributed by atoms with Crippen molar-refractivity contribution in [2.75, 3.05) is 12.4 Å². The van der Waals surface area contributed by atoms with E-state index in [9.17, 15) is 14.4 Å². The van der Waals surface area contributed by atoms with Crippen molar-refractivity contribution in [1.82, 2.24) is 18.7 Å². The Morgan fingerprint density at radius 2 is 2.09 bits per heavy atom. The van der Waals surface area contributed by atoms with Crippen LogP contribution >= 0.6 is 11.3 Å². The number of anilines is 1. The molecule has 0 aliphatic carbocycles. The molecule has 1 amide bonds. The van der Waals surface area contributed by atoms with Crippen molar-refractivity contribution < 1.29 is 13.9 Å². The summed E-state index contributed by atoms with van der Waals surface area (Å²) in [7, 11) is 1.53. The van der Waals surface area contributed by atoms with Crippen LogP contribution in [-0.4, -0.2) is 31.8 Å². The van der Waals surface area contributed by atoms with Crippen molar-refractivity contribution >= 4 is 38.9 Å². The molecule has 5 rings (SSSR count). The number of hydrogen-bond donors (Lipinski definition) is 1. The monoisotopic (exact) mass is 451 g/mol. The molecular weight excluding hydrogens is 434 g/mol. The van der Waals surface area contributed by atoms with Crippen molar-refractivity contribution in [2.24, 2.45) is 0 Å². The van der Waals surface area contributed by atoms with E-state index in [0.717, 1.165) is 4.68 Å². The molecular formula is C21H17N5O5S. The molecule has 10 nitrogen and oxygen atoms in total. The maximum absolute atomic E-state index is 13.1. The number of benzene rings is 1. The zero-order valence-corrected chi connectivity index (χ0v) is 17.7. The van der Waals surface area contributed by atoms with Gasteiger partial charge in [0.2, 0.25) is 11.7 Å². The number of fused-ring (bicyclic) bond motifs is 3. The van der Waals surface area contributed by atoms with Crippen LogP contribution in [0, 0.1) is 0 Å². The molecule has 0 fully saturated rings. The van der Waals surface area contributed by atoms with Gasteiger partial charge in [0.05, 0.1) is 25.4 Å². The number of methoxy groups -OCH3 is 1. The van der Waals surface area contributed by atoms with Crippen LogP contribution in [0.3, 0.4) is 0 Å². The van der Waals surface area contributed by atoms with E-state index >= 15 is 0 Å². The highest BCUT2D eigenvalue weighted by molar-refractivity contribution is 7.17. The number of carbonyl (C=O) groups excluding carboxylic acids is 1. The van der Waals surface area contributed by atoms with Crippen LogP contribution in [0.15, 0.2) is 68.1 Å². The molecule has 11 heteroatoms. The zero-order valence-electron chi connectivity index (χ0n) is 16.8. The lowest BCUT2D eigenvalue weighted by Gasteiger charge is -2.06. The van der Waals surface area contributed by atoms with Crippen LogP contribution in [0.25, 0.3) is 16.0 Å². The maximum atomic E-state index is 13.1. The molecule has 32 heavy (non-hydrogen) atoms. The third-order valence-corrected chi connectivity index (χ3v) is 5.82. The predicted octanol–water partition coefficient (Wildman–Crippen LogP) is 2.16. The SMILES string of the molecule is COc1cccc(NC(=O)Cn2nc3n(Cc4ccco4)c(=O)c4sccc4n3c2=O)c1. The van der Waals surface area contributed by atoms with Gasteiger partial charge < -0.3 is 14.5 Å². The quantitative estimate of drug-likeness (QED) is 0.423. The van der Waals surface area contributed by atoms with E-state index < -0.39 is 11.6 Å². The van der Waals surface area contributed by atoms with Gasteiger partial charge in [-0.15, -0.1) is 16.4 Å². The van der Waals surface area contributed by atoms with Gasteiger partial charge in [-0.2, -0.15) is 0 Å². The Balaban J connectivity index is 1.56. The zero-order chi connectivity index (χ0) is 22.2. The van der Waals surface area contributed by atoms with Crippen LogP contribution in [-0.2, 0) is 17.9 Å². The van der Waals surface area contributed by atoms with Gasteiger partial charge in [-0.3, -0.25) is 14.2 Å². The van der Waals surface area contributed by atoms with E-state index in [4.69, 9.17) is 9.15 Å². The van der Waals surface area contributed by atoms with Crippen LogP contribution in [0.5, 0.6) is 5.75 Å². The molecule has 5 aromatic rings. The van der Waals surface area contributed by atoms with Crippen molar-refractivity contribution in [1.29, 1.82) is 0 Å². The number of amides is 1. The highest BCUT2D eigenvalue weighted by Gasteiger charge is 2.20. The maximum Gasteiger partial charge on any atom is 0.352 e. The summed E-state index contributed by atoms with van der Waals surface area (Å²) in [6.45, 7) is -0.214. The molecule has 0 atom stereocenters. The van der Waals surface area contributed by atoms with Gasteiger partial charge in [-0.05, 0) is 35.7 Å². The Hall–Kier alpha value is -4.12. The second-order valence-electron chi connectivity index (χ2n) is 6.96. The minimum atomic E-state index is -0.516. The summed E-state index contributed by atoms with van der Waals surface area (Å²) in [6, 6.07) is 12.0. The molecule has 0 unspecified atom stereocenters. The van der Waals surface area contributed by atoms with Crippen molar-refractivity contribution in [3.63, 3.8) is 0 Å². The van der Waals surface area contributed by atoms with E-state index in [1.54, 1.807) is 47.8 Å². The van der Waals surface area contributed by atoms with Crippen LogP contribution < -0.4 is 21.3 Å². The molecule has 162 valence electrons. The fourth-order valence-corrected chi connectivity index (χ4v) is 4.30. The van der Waals surface area contributed by atoms with Gasteiger partial charge in [0.1, 0.15) is 22.8 Å². The fraction of sp³-hybridized carbons (Fsp3) is 0.143. The number of hydrogen-bond acceptors (Lipinski definition) is 7. The second kappa shape index (κ2) is 7.85. The molecule has 0 spiro atoms. The van der Waals surface area contributed by atoms with Gasteiger partial charge in [0, 0.05) is 11.8 Å². The number of furan rings is 1. The highest BCUT2D eigenvalue weighted by atomic mass is 32.1. The summed E-state index contributed by atoms with van der Waals surface area (Å²) < 4.78 is 14.7. The fourth-order valence-electron chi connectivity index (χ4n) is 3.48. The summed E-state index contributed by atoms with van der Waals surface area (Å²) in [6.07, 6.45) is 1.51. The molecule has 4 aromatic heterocycles. The van der Waals surface area contributed by atoms with Crippen LogP contribution in [0.1, 0.15) is 5.76 Å². The van der Waals surface area contributed by atoms with Gasteiger partial charge >= 0.3 is 5.69 Å². The normalized spacial score (nSPS) is 11.3. The number of thiophene rings is 1. The Labute approximate surface area is 183 Å². The second-order valence-corrected chi connectivity index (χ2v) is 7.88. The highest BCUT2D eigenvalue weighted by Crippen LogP contribution is 2.19. The molecule has 0 saturated heterocycles. The first-order valence-corrected chi connectivity index (χ1v) is 10.5. The Morgan fingerprint density at radius 1 is 1.22 bits per heavy atom.